The van der Waals surface area contributed by atoms with Crippen molar-refractivity contribution >= 4 is 14.4 Å². The lowest BCUT2D eigenvalue weighted by Crippen LogP contribution is -2.44. The van der Waals surface area contributed by atoms with Crippen LogP contribution >= 0.6 is 0 Å². The molecule has 0 saturated heterocycles. The standard InChI is InChI=1S/C10H23NO4Si/c1-10(2,3)16(4,5)14-7-8(6-12)15-9(11)13/h8,12H,6-7H2,1-5H3,(H2,11,13). The fraction of sp³-hybridized carbons (Fsp3) is 0.900. The molecule has 0 saturated carbocycles. The Morgan fingerprint density at radius 2 is 1.94 bits per heavy atom. The summed E-state index contributed by atoms with van der Waals surface area (Å²) in [7, 11) is -1.88. The van der Waals surface area contributed by atoms with Crippen LogP contribution in [0.3, 0.4) is 0 Å². The van der Waals surface area contributed by atoms with Crippen LogP contribution in [0, 0.1) is 0 Å². The monoisotopic (exact) mass is 249 g/mol. The number of hydrogen-bond acceptors (Lipinski definition) is 4. The number of aliphatic hydroxyl groups is 1. The zero-order chi connectivity index (χ0) is 13.0. The van der Waals surface area contributed by atoms with E-state index in [1.807, 2.05) is 0 Å². The Kier molecular flexibility index (Phi) is 5.44. The van der Waals surface area contributed by atoms with E-state index in [0.717, 1.165) is 0 Å². The van der Waals surface area contributed by atoms with Gasteiger partial charge in [-0.05, 0) is 18.1 Å². The van der Waals surface area contributed by atoms with E-state index < -0.39 is 20.5 Å². The number of rotatable bonds is 5. The van der Waals surface area contributed by atoms with Crippen LogP contribution in [0.25, 0.3) is 0 Å². The van der Waals surface area contributed by atoms with Gasteiger partial charge in [-0.3, -0.25) is 0 Å². The molecule has 0 aliphatic carbocycles. The SMILES string of the molecule is CC(C)(C)[Si](C)(C)OCC(CO)OC(N)=O. The number of primary amides is 1. The summed E-state index contributed by atoms with van der Waals surface area (Å²) < 4.78 is 10.5. The summed E-state index contributed by atoms with van der Waals surface area (Å²) in [6.07, 6.45) is -1.57. The van der Waals surface area contributed by atoms with Crippen molar-refractivity contribution in [3.8, 4) is 0 Å². The van der Waals surface area contributed by atoms with E-state index in [9.17, 15) is 4.79 Å². The zero-order valence-electron chi connectivity index (χ0n) is 10.7. The van der Waals surface area contributed by atoms with Gasteiger partial charge in [0, 0.05) is 0 Å². The Morgan fingerprint density at radius 3 is 2.25 bits per heavy atom. The predicted octanol–water partition coefficient (Wildman–Crippen LogP) is 1.46. The minimum atomic E-state index is -1.88. The number of amides is 1. The lowest BCUT2D eigenvalue weighted by molar-refractivity contribution is 0.0299. The van der Waals surface area contributed by atoms with E-state index >= 15 is 0 Å². The molecule has 0 aromatic rings. The fourth-order valence-electron chi connectivity index (χ4n) is 0.806. The van der Waals surface area contributed by atoms with Crippen molar-refractivity contribution in [1.29, 1.82) is 0 Å². The highest BCUT2D eigenvalue weighted by molar-refractivity contribution is 6.74. The van der Waals surface area contributed by atoms with Crippen molar-refractivity contribution in [2.45, 2.75) is 45.0 Å². The maximum atomic E-state index is 10.5. The topological polar surface area (TPSA) is 81.8 Å². The van der Waals surface area contributed by atoms with E-state index in [-0.39, 0.29) is 18.3 Å². The number of nitrogens with two attached hydrogens (primary N) is 1. The van der Waals surface area contributed by atoms with E-state index in [0.29, 0.717) is 0 Å². The summed E-state index contributed by atoms with van der Waals surface area (Å²) in [5, 5.41) is 9.06. The molecule has 0 spiro atoms. The summed E-state index contributed by atoms with van der Waals surface area (Å²) >= 11 is 0. The molecular weight excluding hydrogens is 226 g/mol. The molecule has 1 atom stereocenters. The van der Waals surface area contributed by atoms with Crippen LogP contribution in [0.1, 0.15) is 20.8 Å². The van der Waals surface area contributed by atoms with E-state index in [4.69, 9.17) is 20.0 Å². The molecule has 6 heteroatoms. The normalized spacial score (nSPS) is 14.6. The second kappa shape index (κ2) is 5.65. The zero-order valence-corrected chi connectivity index (χ0v) is 11.7. The largest absolute Gasteiger partial charge is 0.442 e. The molecule has 0 aromatic carbocycles. The average molecular weight is 249 g/mol. The molecule has 0 fully saturated rings. The van der Waals surface area contributed by atoms with Crippen LogP contribution in [0.15, 0.2) is 0 Å². The Balaban J connectivity index is 4.26. The number of carbonyl (C=O) groups excluding carboxylic acids is 1. The van der Waals surface area contributed by atoms with Crippen molar-refractivity contribution in [3.63, 3.8) is 0 Å². The van der Waals surface area contributed by atoms with Gasteiger partial charge in [0.2, 0.25) is 0 Å². The molecule has 0 aliphatic rings. The van der Waals surface area contributed by atoms with E-state index in [1.54, 1.807) is 0 Å². The third-order valence-corrected chi connectivity index (χ3v) is 7.42. The van der Waals surface area contributed by atoms with Crippen molar-refractivity contribution in [3.05, 3.63) is 0 Å². The summed E-state index contributed by atoms with van der Waals surface area (Å²) in [4.78, 5) is 10.5. The summed E-state index contributed by atoms with van der Waals surface area (Å²) in [6.45, 7) is 10.4. The third-order valence-electron chi connectivity index (χ3n) is 2.92. The van der Waals surface area contributed by atoms with Gasteiger partial charge in [-0.25, -0.2) is 4.79 Å². The minimum Gasteiger partial charge on any atom is -0.442 e. The smallest absolute Gasteiger partial charge is 0.404 e. The molecule has 0 rings (SSSR count). The highest BCUT2D eigenvalue weighted by Gasteiger charge is 2.37. The van der Waals surface area contributed by atoms with Gasteiger partial charge in [-0.1, -0.05) is 20.8 Å². The predicted molar refractivity (Wildman–Crippen MR) is 64.7 cm³/mol. The van der Waals surface area contributed by atoms with Gasteiger partial charge >= 0.3 is 6.09 Å². The second-order valence-corrected chi connectivity index (χ2v) is 10.1. The maximum Gasteiger partial charge on any atom is 0.404 e. The third kappa shape index (κ3) is 4.96. The first-order valence-corrected chi connectivity index (χ1v) is 8.22. The van der Waals surface area contributed by atoms with Gasteiger partial charge in [-0.2, -0.15) is 0 Å². The maximum absolute atomic E-state index is 10.5. The lowest BCUT2D eigenvalue weighted by atomic mass is 10.2. The number of aliphatic hydroxyl groups excluding tert-OH is 1. The molecule has 0 aliphatic heterocycles. The molecule has 16 heavy (non-hydrogen) atoms. The minimum absolute atomic E-state index is 0.0831. The molecule has 0 aromatic heterocycles. The molecule has 1 unspecified atom stereocenters. The number of ether oxygens (including phenoxy) is 1. The van der Waals surface area contributed by atoms with Gasteiger partial charge in [0.25, 0.3) is 0 Å². The van der Waals surface area contributed by atoms with Gasteiger partial charge in [0.05, 0.1) is 13.2 Å². The van der Waals surface area contributed by atoms with Crippen molar-refractivity contribution in [2.75, 3.05) is 13.2 Å². The Labute approximate surface area is 98.1 Å². The first-order chi connectivity index (χ1) is 7.10. The highest BCUT2D eigenvalue weighted by atomic mass is 28.4. The van der Waals surface area contributed by atoms with E-state index in [2.05, 4.69) is 33.9 Å². The Bertz CT molecular complexity index is 237. The van der Waals surface area contributed by atoms with Crippen LogP contribution in [-0.4, -0.2) is 38.8 Å². The molecular formula is C10H23NO4Si. The first kappa shape index (κ1) is 15.4. The molecule has 96 valence electrons. The quantitative estimate of drug-likeness (QED) is 0.723. The van der Waals surface area contributed by atoms with Crippen LogP contribution < -0.4 is 5.73 Å². The highest BCUT2D eigenvalue weighted by Crippen LogP contribution is 2.36. The second-order valence-electron chi connectivity index (χ2n) is 5.31. The van der Waals surface area contributed by atoms with Crippen LogP contribution in [0.2, 0.25) is 18.1 Å². The van der Waals surface area contributed by atoms with Gasteiger partial charge < -0.3 is 20.0 Å². The molecule has 0 radical (unpaired) electrons. The van der Waals surface area contributed by atoms with Crippen LogP contribution in [0.4, 0.5) is 4.79 Å². The van der Waals surface area contributed by atoms with Gasteiger partial charge in [-0.15, -0.1) is 0 Å². The molecule has 3 N–H and O–H groups in total. The van der Waals surface area contributed by atoms with Crippen molar-refractivity contribution in [1.82, 2.24) is 0 Å². The van der Waals surface area contributed by atoms with E-state index in [1.165, 1.54) is 0 Å². The Hall–Kier alpha value is -0.593. The molecule has 1 amide bonds. The fourth-order valence-corrected chi connectivity index (χ4v) is 1.84. The summed E-state index contributed by atoms with van der Waals surface area (Å²) in [5.74, 6) is 0. The van der Waals surface area contributed by atoms with Gasteiger partial charge in [0.15, 0.2) is 8.32 Å². The Morgan fingerprint density at radius 1 is 1.44 bits per heavy atom. The lowest BCUT2D eigenvalue weighted by Gasteiger charge is -2.36. The average Bonchev–Trinajstić information content (AvgIpc) is 2.09. The summed E-state index contributed by atoms with van der Waals surface area (Å²) in [6, 6.07) is 0. The van der Waals surface area contributed by atoms with Gasteiger partial charge in [0.1, 0.15) is 6.10 Å². The molecule has 5 nitrogen and oxygen atoms in total. The van der Waals surface area contributed by atoms with Crippen molar-refractivity contribution in [2.24, 2.45) is 5.73 Å². The van der Waals surface area contributed by atoms with Crippen LogP contribution in [-0.2, 0) is 9.16 Å². The summed E-state index contributed by atoms with van der Waals surface area (Å²) in [5.41, 5.74) is 4.88. The molecule has 0 heterocycles. The van der Waals surface area contributed by atoms with Crippen molar-refractivity contribution < 1.29 is 19.1 Å². The number of carbonyl (C=O) groups is 1. The molecule has 0 bridgehead atoms. The number of hydrogen-bond donors (Lipinski definition) is 2. The van der Waals surface area contributed by atoms with Crippen LogP contribution in [0.5, 0.6) is 0 Å². The first-order valence-electron chi connectivity index (χ1n) is 5.31.